The number of anilines is 1. The number of aromatic amines is 1. The third-order valence-electron chi connectivity index (χ3n) is 4.14. The first-order valence-electron chi connectivity index (χ1n) is 8.17. The lowest BCUT2D eigenvalue weighted by molar-refractivity contribution is -0.115. The molecule has 2 heterocycles. The first-order valence-corrected chi connectivity index (χ1v) is 8.55. The smallest absolute Gasteiger partial charge is 0.274 e. The van der Waals surface area contributed by atoms with E-state index in [0.29, 0.717) is 22.1 Å². The zero-order valence-corrected chi connectivity index (χ0v) is 15.8. The van der Waals surface area contributed by atoms with Gasteiger partial charge in [0.2, 0.25) is 5.91 Å². The Balaban J connectivity index is 1.76. The van der Waals surface area contributed by atoms with Gasteiger partial charge in [0.1, 0.15) is 0 Å². The molecule has 0 aliphatic heterocycles. The summed E-state index contributed by atoms with van der Waals surface area (Å²) in [6.45, 7) is 3.26. The number of halogens is 1. The van der Waals surface area contributed by atoms with E-state index < -0.39 is 17.4 Å². The fourth-order valence-electron chi connectivity index (χ4n) is 2.76. The topological polar surface area (TPSA) is 109 Å². The summed E-state index contributed by atoms with van der Waals surface area (Å²) in [7, 11) is 1.64. The number of nitrogens with one attached hydrogen (secondary N) is 3. The van der Waals surface area contributed by atoms with Crippen LogP contribution >= 0.6 is 11.6 Å². The summed E-state index contributed by atoms with van der Waals surface area (Å²) in [6.07, 6.45) is 0. The molecule has 3 N–H and O–H groups in total. The van der Waals surface area contributed by atoms with Crippen LogP contribution in [0.15, 0.2) is 29.1 Å². The molecule has 0 fully saturated rings. The molecule has 0 bridgehead atoms. The van der Waals surface area contributed by atoms with Gasteiger partial charge in [-0.05, 0) is 37.6 Å². The Morgan fingerprint density at radius 3 is 2.78 bits per heavy atom. The van der Waals surface area contributed by atoms with Gasteiger partial charge < -0.3 is 10.6 Å². The maximum absolute atomic E-state index is 12.5. The molecule has 2 amide bonds. The van der Waals surface area contributed by atoms with E-state index >= 15 is 0 Å². The van der Waals surface area contributed by atoms with Gasteiger partial charge in [0.05, 0.1) is 17.5 Å². The highest BCUT2D eigenvalue weighted by Crippen LogP contribution is 2.22. The van der Waals surface area contributed by atoms with Gasteiger partial charge in [-0.3, -0.25) is 24.2 Å². The molecule has 2 aromatic heterocycles. The number of hydrogen-bond donors (Lipinski definition) is 3. The molecule has 0 saturated heterocycles. The van der Waals surface area contributed by atoms with Crippen LogP contribution in [-0.2, 0) is 11.8 Å². The second-order valence-corrected chi connectivity index (χ2v) is 6.56. The SMILES string of the molecule is Cc1cc(C(=O)NCC(=O)Nc2cccc(Cl)c2C)c2c(=O)[nH]n(C)c2n1. The number of hydrogen-bond acceptors (Lipinski definition) is 4. The monoisotopic (exact) mass is 387 g/mol. The van der Waals surface area contributed by atoms with Crippen LogP contribution in [-0.4, -0.2) is 33.1 Å². The van der Waals surface area contributed by atoms with Crippen molar-refractivity contribution in [1.29, 1.82) is 0 Å². The normalized spacial score (nSPS) is 10.8. The van der Waals surface area contributed by atoms with Crippen molar-refractivity contribution in [2.45, 2.75) is 13.8 Å². The predicted molar refractivity (Wildman–Crippen MR) is 103 cm³/mol. The number of fused-ring (bicyclic) bond motifs is 1. The Morgan fingerprint density at radius 2 is 2.04 bits per heavy atom. The van der Waals surface area contributed by atoms with E-state index in [2.05, 4.69) is 20.7 Å². The number of pyridine rings is 1. The molecule has 0 atom stereocenters. The Labute approximate surface area is 159 Å². The molecule has 9 heteroatoms. The summed E-state index contributed by atoms with van der Waals surface area (Å²) in [4.78, 5) is 41.1. The van der Waals surface area contributed by atoms with Crippen molar-refractivity contribution in [1.82, 2.24) is 20.1 Å². The van der Waals surface area contributed by atoms with E-state index in [1.54, 1.807) is 39.1 Å². The molecule has 140 valence electrons. The summed E-state index contributed by atoms with van der Waals surface area (Å²) in [6, 6.07) is 6.69. The van der Waals surface area contributed by atoms with Gasteiger partial charge in [0.25, 0.3) is 11.5 Å². The van der Waals surface area contributed by atoms with Gasteiger partial charge >= 0.3 is 0 Å². The molecular formula is C18H18ClN5O3. The van der Waals surface area contributed by atoms with Crippen LogP contribution in [0.5, 0.6) is 0 Å². The van der Waals surface area contributed by atoms with Crippen molar-refractivity contribution in [3.05, 3.63) is 56.5 Å². The molecule has 0 unspecified atom stereocenters. The zero-order valence-electron chi connectivity index (χ0n) is 15.0. The second-order valence-electron chi connectivity index (χ2n) is 6.15. The number of aryl methyl sites for hydroxylation is 2. The number of amides is 2. The fraction of sp³-hybridized carbons (Fsp3) is 0.222. The largest absolute Gasteiger partial charge is 0.343 e. The number of nitrogens with zero attached hydrogens (tertiary/aromatic N) is 2. The molecule has 0 saturated carbocycles. The van der Waals surface area contributed by atoms with Crippen LogP contribution in [0.3, 0.4) is 0 Å². The van der Waals surface area contributed by atoms with Crippen molar-refractivity contribution in [3.8, 4) is 0 Å². The van der Waals surface area contributed by atoms with Crippen LogP contribution in [0, 0.1) is 13.8 Å². The maximum Gasteiger partial charge on any atom is 0.274 e. The quantitative estimate of drug-likeness (QED) is 0.635. The van der Waals surface area contributed by atoms with Crippen molar-refractivity contribution in [2.24, 2.45) is 7.05 Å². The molecule has 8 nitrogen and oxygen atoms in total. The Morgan fingerprint density at radius 1 is 1.30 bits per heavy atom. The second kappa shape index (κ2) is 7.24. The highest BCUT2D eigenvalue weighted by molar-refractivity contribution is 6.31. The minimum absolute atomic E-state index is 0.172. The first kappa shape index (κ1) is 18.7. The molecule has 1 aromatic carbocycles. The number of carbonyl (C=O) groups excluding carboxylic acids is 2. The van der Waals surface area contributed by atoms with Crippen LogP contribution in [0.2, 0.25) is 5.02 Å². The molecule has 27 heavy (non-hydrogen) atoms. The lowest BCUT2D eigenvalue weighted by atomic mass is 10.1. The molecule has 0 aliphatic rings. The van der Waals surface area contributed by atoms with E-state index in [1.165, 1.54) is 10.7 Å². The van der Waals surface area contributed by atoms with Gasteiger partial charge in [-0.1, -0.05) is 17.7 Å². The lowest BCUT2D eigenvalue weighted by Crippen LogP contribution is -2.33. The van der Waals surface area contributed by atoms with E-state index in [0.717, 1.165) is 5.56 Å². The average molecular weight is 388 g/mol. The van der Waals surface area contributed by atoms with Crippen molar-refractivity contribution < 1.29 is 9.59 Å². The van der Waals surface area contributed by atoms with Crippen molar-refractivity contribution >= 4 is 40.1 Å². The molecular weight excluding hydrogens is 370 g/mol. The van der Waals surface area contributed by atoms with E-state index in [9.17, 15) is 14.4 Å². The van der Waals surface area contributed by atoms with Crippen LogP contribution < -0.4 is 16.2 Å². The standard InChI is InChI=1S/C18H18ClN5O3/c1-9-7-11(15-16(21-9)24(3)23-18(15)27)17(26)20-8-14(25)22-13-6-4-5-12(19)10(13)2/h4-7H,8H2,1-3H3,(H,20,26)(H,22,25)(H,23,27). The van der Waals surface area contributed by atoms with Gasteiger partial charge in [0, 0.05) is 23.5 Å². The number of benzene rings is 1. The summed E-state index contributed by atoms with van der Waals surface area (Å²) < 4.78 is 1.45. The van der Waals surface area contributed by atoms with Gasteiger partial charge in [-0.15, -0.1) is 0 Å². The van der Waals surface area contributed by atoms with E-state index in [1.807, 2.05) is 0 Å². The fourth-order valence-corrected chi connectivity index (χ4v) is 2.93. The number of H-pyrrole nitrogens is 1. The van der Waals surface area contributed by atoms with Gasteiger partial charge in [-0.25, -0.2) is 4.98 Å². The minimum Gasteiger partial charge on any atom is -0.343 e. The predicted octanol–water partition coefficient (Wildman–Crippen LogP) is 1.90. The Bertz CT molecular complexity index is 1120. The number of rotatable bonds is 4. The van der Waals surface area contributed by atoms with Crippen LogP contribution in [0.25, 0.3) is 11.0 Å². The molecule has 3 rings (SSSR count). The third-order valence-corrected chi connectivity index (χ3v) is 4.55. The van der Waals surface area contributed by atoms with Crippen LogP contribution in [0.1, 0.15) is 21.6 Å². The number of aromatic nitrogens is 3. The van der Waals surface area contributed by atoms with Crippen LogP contribution in [0.4, 0.5) is 5.69 Å². The third kappa shape index (κ3) is 3.70. The van der Waals surface area contributed by atoms with Gasteiger partial charge in [-0.2, -0.15) is 0 Å². The summed E-state index contributed by atoms with van der Waals surface area (Å²) >= 11 is 6.03. The Kier molecular flexibility index (Phi) is 5.00. The Hall–Kier alpha value is -3.13. The first-order chi connectivity index (χ1) is 12.8. The van der Waals surface area contributed by atoms with E-state index in [-0.39, 0.29) is 17.5 Å². The van der Waals surface area contributed by atoms with E-state index in [4.69, 9.17) is 11.6 Å². The van der Waals surface area contributed by atoms with Gasteiger partial charge in [0.15, 0.2) is 5.65 Å². The zero-order chi connectivity index (χ0) is 19.7. The lowest BCUT2D eigenvalue weighted by Gasteiger charge is -2.10. The molecule has 0 spiro atoms. The molecule has 0 aliphatic carbocycles. The van der Waals surface area contributed by atoms with Crippen molar-refractivity contribution in [3.63, 3.8) is 0 Å². The van der Waals surface area contributed by atoms with Crippen molar-refractivity contribution in [2.75, 3.05) is 11.9 Å². The molecule has 0 radical (unpaired) electrons. The minimum atomic E-state index is -0.528. The average Bonchev–Trinajstić information content (AvgIpc) is 2.90. The summed E-state index contributed by atoms with van der Waals surface area (Å²) in [5, 5.41) is 8.53. The maximum atomic E-state index is 12.5. The highest BCUT2D eigenvalue weighted by atomic mass is 35.5. The molecule has 3 aromatic rings. The highest BCUT2D eigenvalue weighted by Gasteiger charge is 2.18. The summed E-state index contributed by atoms with van der Waals surface area (Å²) in [5.41, 5.74) is 2.03. The summed E-state index contributed by atoms with van der Waals surface area (Å²) in [5.74, 6) is -0.933. The number of carbonyl (C=O) groups is 2.